The van der Waals surface area contributed by atoms with E-state index in [1.54, 1.807) is 23.6 Å². The van der Waals surface area contributed by atoms with Gasteiger partial charge in [0.15, 0.2) is 0 Å². The van der Waals surface area contributed by atoms with Gasteiger partial charge in [-0.15, -0.1) is 11.3 Å². The first kappa shape index (κ1) is 25.9. The van der Waals surface area contributed by atoms with Crippen molar-refractivity contribution < 1.29 is 23.9 Å². The number of ether oxygens (including phenoxy) is 2. The van der Waals surface area contributed by atoms with E-state index >= 15 is 0 Å². The number of amides is 3. The highest BCUT2D eigenvalue weighted by atomic mass is 32.1. The van der Waals surface area contributed by atoms with Crippen LogP contribution in [-0.2, 0) is 14.3 Å². The van der Waals surface area contributed by atoms with Crippen LogP contribution in [0.15, 0.2) is 35.8 Å². The molecule has 9 nitrogen and oxygen atoms in total. The lowest BCUT2D eigenvalue weighted by Crippen LogP contribution is -2.57. The van der Waals surface area contributed by atoms with Gasteiger partial charge >= 0.3 is 6.09 Å². The number of nitrogens with two attached hydrogens (primary N) is 1. The fourth-order valence-corrected chi connectivity index (χ4v) is 5.45. The molecule has 0 spiro atoms. The van der Waals surface area contributed by atoms with Gasteiger partial charge in [-0.3, -0.25) is 14.6 Å². The average Bonchev–Trinajstić information content (AvgIpc) is 3.58. The Labute approximate surface area is 215 Å². The zero-order chi connectivity index (χ0) is 25.9. The Hall–Kier alpha value is -3.14. The number of carbonyl (C=O) groups excluding carboxylic acids is 3. The third-order valence-electron chi connectivity index (χ3n) is 6.63. The maximum atomic E-state index is 13.7. The van der Waals surface area contributed by atoms with Crippen LogP contribution in [-0.4, -0.2) is 58.6 Å². The van der Waals surface area contributed by atoms with Crippen molar-refractivity contribution in [2.45, 2.75) is 77.2 Å². The molecule has 36 heavy (non-hydrogen) atoms. The van der Waals surface area contributed by atoms with Gasteiger partial charge in [0.05, 0.1) is 17.1 Å². The molecule has 3 N–H and O–H groups in total. The monoisotopic (exact) mass is 514 g/mol. The first-order chi connectivity index (χ1) is 17.1. The average molecular weight is 515 g/mol. The molecule has 2 aliphatic rings. The number of nitrogens with zero attached hydrogens (tertiary/aromatic N) is 2. The standard InChI is InChI=1S/C26H34N4O5S/c1-26(2,3)22(29-25(33)35-16-7-4-5-8-16)24(32)30-15-18(14-20(30)23(27)31)34-17-10-11-28-19(13-17)21-9-6-12-36-21/h6,9-13,16,18,20,22H,4-5,7-8,14-15H2,1-3H3,(H2,27,31)(H,29,33)/t18-,20+,22-/m1/s1. The molecule has 2 fully saturated rings. The number of alkyl carbamates (subject to hydrolysis) is 1. The Bertz CT molecular complexity index is 1080. The van der Waals surface area contributed by atoms with Crippen LogP contribution in [0, 0.1) is 5.41 Å². The van der Waals surface area contributed by atoms with Crippen LogP contribution < -0.4 is 15.8 Å². The van der Waals surface area contributed by atoms with Crippen LogP contribution in [0.4, 0.5) is 4.79 Å². The molecule has 194 valence electrons. The normalized spacial score (nSPS) is 21.2. The number of pyridine rings is 1. The van der Waals surface area contributed by atoms with Crippen molar-refractivity contribution in [3.8, 4) is 16.3 Å². The van der Waals surface area contributed by atoms with Gasteiger partial charge in [0.1, 0.15) is 30.0 Å². The van der Waals surface area contributed by atoms with Crippen molar-refractivity contribution in [2.75, 3.05) is 6.54 Å². The summed E-state index contributed by atoms with van der Waals surface area (Å²) in [7, 11) is 0. The number of hydrogen-bond donors (Lipinski definition) is 2. The van der Waals surface area contributed by atoms with Crippen molar-refractivity contribution in [1.82, 2.24) is 15.2 Å². The van der Waals surface area contributed by atoms with E-state index in [0.29, 0.717) is 5.75 Å². The largest absolute Gasteiger partial charge is 0.488 e. The first-order valence-corrected chi connectivity index (χ1v) is 13.2. The van der Waals surface area contributed by atoms with Crippen LogP contribution in [0.5, 0.6) is 5.75 Å². The highest BCUT2D eigenvalue weighted by Crippen LogP contribution is 2.30. The van der Waals surface area contributed by atoms with Crippen LogP contribution in [0.25, 0.3) is 10.6 Å². The molecular formula is C26H34N4O5S. The summed E-state index contributed by atoms with van der Waals surface area (Å²) >= 11 is 1.58. The molecular weight excluding hydrogens is 480 g/mol. The number of rotatable bonds is 7. The molecule has 0 aromatic carbocycles. The molecule has 2 aromatic rings. The molecule has 1 aliphatic heterocycles. The van der Waals surface area contributed by atoms with E-state index < -0.39 is 35.6 Å². The zero-order valence-electron chi connectivity index (χ0n) is 20.9. The van der Waals surface area contributed by atoms with Gasteiger partial charge in [-0.1, -0.05) is 26.8 Å². The smallest absolute Gasteiger partial charge is 0.408 e. The lowest BCUT2D eigenvalue weighted by atomic mass is 9.85. The SMILES string of the molecule is CC(C)(C)[C@H](NC(=O)OC1CCCC1)C(=O)N1C[C@H](Oc2ccnc(-c3cccs3)c2)C[C@H]1C(N)=O. The number of nitrogens with one attached hydrogen (secondary N) is 1. The summed E-state index contributed by atoms with van der Waals surface area (Å²) in [5.74, 6) is -0.388. The lowest BCUT2D eigenvalue weighted by molar-refractivity contribution is -0.141. The molecule has 0 bridgehead atoms. The van der Waals surface area contributed by atoms with Crippen LogP contribution >= 0.6 is 11.3 Å². The summed E-state index contributed by atoms with van der Waals surface area (Å²) in [4.78, 5) is 45.4. The quantitative estimate of drug-likeness (QED) is 0.580. The summed E-state index contributed by atoms with van der Waals surface area (Å²) in [6, 6.07) is 5.80. The molecule has 4 rings (SSSR count). The highest BCUT2D eigenvalue weighted by molar-refractivity contribution is 7.13. The van der Waals surface area contributed by atoms with E-state index in [2.05, 4.69) is 10.3 Å². The van der Waals surface area contributed by atoms with Crippen molar-refractivity contribution in [1.29, 1.82) is 0 Å². The maximum absolute atomic E-state index is 13.7. The zero-order valence-corrected chi connectivity index (χ0v) is 21.8. The minimum atomic E-state index is -0.890. The van der Waals surface area contributed by atoms with Crippen molar-refractivity contribution in [3.63, 3.8) is 0 Å². The summed E-state index contributed by atoms with van der Waals surface area (Å²) in [5.41, 5.74) is 5.85. The summed E-state index contributed by atoms with van der Waals surface area (Å²) in [6.07, 6.45) is 4.49. The lowest BCUT2D eigenvalue weighted by Gasteiger charge is -2.34. The number of aromatic nitrogens is 1. The van der Waals surface area contributed by atoms with Crippen LogP contribution in [0.2, 0.25) is 0 Å². The van der Waals surface area contributed by atoms with Gasteiger partial charge in [0, 0.05) is 18.7 Å². The summed E-state index contributed by atoms with van der Waals surface area (Å²) in [5, 5.41) is 4.73. The number of thiophene rings is 1. The van der Waals surface area contributed by atoms with Gasteiger partial charge < -0.3 is 25.4 Å². The predicted molar refractivity (Wildman–Crippen MR) is 136 cm³/mol. The first-order valence-electron chi connectivity index (χ1n) is 12.4. The number of carbonyl (C=O) groups is 3. The van der Waals surface area contributed by atoms with E-state index in [-0.39, 0.29) is 25.0 Å². The molecule has 3 atom stereocenters. The third-order valence-corrected chi connectivity index (χ3v) is 7.53. The van der Waals surface area contributed by atoms with E-state index in [9.17, 15) is 14.4 Å². The number of primary amides is 1. The Morgan fingerprint density at radius 1 is 1.19 bits per heavy atom. The topological polar surface area (TPSA) is 124 Å². The fourth-order valence-electron chi connectivity index (χ4n) is 4.76. The molecule has 0 radical (unpaired) electrons. The van der Waals surface area contributed by atoms with E-state index in [1.165, 1.54) is 4.90 Å². The van der Waals surface area contributed by atoms with Gasteiger partial charge in [-0.2, -0.15) is 0 Å². The van der Waals surface area contributed by atoms with E-state index in [1.807, 2.05) is 44.4 Å². The fraction of sp³-hybridized carbons (Fsp3) is 0.538. The molecule has 1 saturated heterocycles. The summed E-state index contributed by atoms with van der Waals surface area (Å²) < 4.78 is 11.7. The van der Waals surface area contributed by atoms with Gasteiger partial charge in [-0.25, -0.2) is 4.79 Å². The second-order valence-electron chi connectivity index (χ2n) is 10.5. The minimum absolute atomic E-state index is 0.122. The molecule has 3 heterocycles. The van der Waals surface area contributed by atoms with Gasteiger partial charge in [0.25, 0.3) is 0 Å². The molecule has 10 heteroatoms. The minimum Gasteiger partial charge on any atom is -0.488 e. The van der Waals surface area contributed by atoms with Crippen LogP contribution in [0.3, 0.4) is 0 Å². The van der Waals surface area contributed by atoms with Gasteiger partial charge in [-0.05, 0) is 48.6 Å². The van der Waals surface area contributed by atoms with Crippen LogP contribution in [0.1, 0.15) is 52.9 Å². The highest BCUT2D eigenvalue weighted by Gasteiger charge is 2.45. The Balaban J connectivity index is 1.47. The maximum Gasteiger partial charge on any atom is 0.408 e. The molecule has 2 aromatic heterocycles. The molecule has 1 saturated carbocycles. The van der Waals surface area contributed by atoms with Gasteiger partial charge in [0.2, 0.25) is 11.8 Å². The number of hydrogen-bond acceptors (Lipinski definition) is 7. The second-order valence-corrected chi connectivity index (χ2v) is 11.4. The Kier molecular flexibility index (Phi) is 7.82. The van der Waals surface area contributed by atoms with E-state index in [0.717, 1.165) is 36.3 Å². The molecule has 0 unspecified atom stereocenters. The predicted octanol–water partition coefficient (Wildman–Crippen LogP) is 3.73. The number of likely N-dealkylation sites (tertiary alicyclic amines) is 1. The second kappa shape index (κ2) is 10.9. The van der Waals surface area contributed by atoms with Crippen molar-refractivity contribution in [3.05, 3.63) is 35.8 Å². The van der Waals surface area contributed by atoms with E-state index in [4.69, 9.17) is 15.2 Å². The van der Waals surface area contributed by atoms with Crippen molar-refractivity contribution >= 4 is 29.2 Å². The van der Waals surface area contributed by atoms with Crippen molar-refractivity contribution in [2.24, 2.45) is 11.1 Å². The third kappa shape index (κ3) is 6.16. The summed E-state index contributed by atoms with van der Waals surface area (Å²) in [6.45, 7) is 5.75. The molecule has 1 aliphatic carbocycles. The Morgan fingerprint density at radius 3 is 2.58 bits per heavy atom. The Morgan fingerprint density at radius 2 is 1.94 bits per heavy atom. The molecule has 3 amide bonds.